The molecule has 42 heavy (non-hydrogen) atoms. The molecule has 0 aliphatic carbocycles. The first kappa shape index (κ1) is 30.8. The van der Waals surface area contributed by atoms with E-state index >= 15 is 0 Å². The van der Waals surface area contributed by atoms with Crippen LogP contribution in [0.15, 0.2) is 58.4 Å². The zero-order chi connectivity index (χ0) is 30.8. The molecule has 15 heteroatoms. The summed E-state index contributed by atoms with van der Waals surface area (Å²) in [6.45, 7) is 4.31. The van der Waals surface area contributed by atoms with Crippen molar-refractivity contribution in [1.29, 1.82) is 0 Å². The number of nitrogens with two attached hydrogens (primary N) is 1. The number of imide groups is 1. The van der Waals surface area contributed by atoms with E-state index in [1.165, 1.54) is 18.5 Å². The number of H-pyrrole nitrogens is 1. The van der Waals surface area contributed by atoms with Crippen molar-refractivity contribution in [2.75, 3.05) is 18.7 Å². The Kier molecular flexibility index (Phi) is 10.3. The summed E-state index contributed by atoms with van der Waals surface area (Å²) in [5, 5.41) is 14.8. The van der Waals surface area contributed by atoms with E-state index in [-0.39, 0.29) is 23.8 Å². The van der Waals surface area contributed by atoms with Crippen LogP contribution in [0.3, 0.4) is 0 Å². The van der Waals surface area contributed by atoms with Crippen molar-refractivity contribution >= 4 is 47.2 Å². The van der Waals surface area contributed by atoms with Gasteiger partial charge in [0.15, 0.2) is 5.82 Å². The lowest BCUT2D eigenvalue weighted by Crippen LogP contribution is -2.38. The molecule has 2 heterocycles. The molecule has 1 aromatic carbocycles. The van der Waals surface area contributed by atoms with Gasteiger partial charge in [-0.2, -0.15) is 0 Å². The monoisotopic (exact) mass is 580 g/mol. The van der Waals surface area contributed by atoms with Gasteiger partial charge in [-0.3, -0.25) is 9.59 Å². The Morgan fingerprint density at radius 1 is 1.17 bits per heavy atom. The molecule has 0 saturated heterocycles. The number of rotatable bonds is 11. The Hall–Kier alpha value is -5.73. The number of aromatic nitrogens is 2. The number of hydrogen-bond acceptors (Lipinski definition) is 10. The van der Waals surface area contributed by atoms with Crippen LogP contribution < -0.4 is 11.1 Å². The van der Waals surface area contributed by atoms with Gasteiger partial charge in [-0.15, -0.1) is 0 Å². The first-order chi connectivity index (χ1) is 20.0. The van der Waals surface area contributed by atoms with Crippen LogP contribution in [0.4, 0.5) is 16.3 Å². The number of amides is 3. The van der Waals surface area contributed by atoms with E-state index in [1.807, 2.05) is 0 Å². The summed E-state index contributed by atoms with van der Waals surface area (Å²) >= 11 is 0. The van der Waals surface area contributed by atoms with E-state index in [0.717, 1.165) is 10.5 Å². The number of hydrogen-bond donors (Lipinski definition) is 4. The first-order valence-electron chi connectivity index (χ1n) is 12.4. The zero-order valence-corrected chi connectivity index (χ0v) is 22.9. The molecular formula is C27H28N6O9. The highest BCUT2D eigenvalue weighted by Gasteiger charge is 2.27. The van der Waals surface area contributed by atoms with Crippen LogP contribution in [0.1, 0.15) is 50.9 Å². The lowest BCUT2D eigenvalue weighted by Gasteiger charge is -2.19. The van der Waals surface area contributed by atoms with Crippen molar-refractivity contribution in [3.05, 3.63) is 76.8 Å². The molecule has 0 spiro atoms. The van der Waals surface area contributed by atoms with Crippen LogP contribution in [0.2, 0.25) is 0 Å². The number of benzene rings is 1. The number of aromatic amines is 1. The van der Waals surface area contributed by atoms with E-state index in [0.29, 0.717) is 41.1 Å². The molecule has 0 atom stereocenters. The van der Waals surface area contributed by atoms with Crippen LogP contribution in [-0.2, 0) is 19.1 Å². The molecule has 0 aliphatic heterocycles. The van der Waals surface area contributed by atoms with Gasteiger partial charge in [-0.25, -0.2) is 24.3 Å². The minimum atomic E-state index is -1.36. The fourth-order valence-electron chi connectivity index (χ4n) is 3.55. The topological polar surface area (TPSA) is 220 Å². The maximum absolute atomic E-state index is 13.3. The van der Waals surface area contributed by atoms with Gasteiger partial charge >= 0.3 is 18.0 Å². The van der Waals surface area contributed by atoms with E-state index in [4.69, 9.17) is 20.1 Å². The third kappa shape index (κ3) is 7.91. The number of carboxylic acid groups (broad SMARTS) is 1. The maximum Gasteiger partial charge on any atom is 0.419 e. The largest absolute Gasteiger partial charge is 0.478 e. The quantitative estimate of drug-likeness (QED) is 0.0848. The normalized spacial score (nSPS) is 11.3. The summed E-state index contributed by atoms with van der Waals surface area (Å²) in [4.78, 5) is 68.5. The Bertz CT molecular complexity index is 1540. The van der Waals surface area contributed by atoms with Gasteiger partial charge in [0.2, 0.25) is 6.79 Å². The smallest absolute Gasteiger partial charge is 0.419 e. The lowest BCUT2D eigenvalue weighted by atomic mass is 10.1. The van der Waals surface area contributed by atoms with E-state index in [9.17, 15) is 24.0 Å². The van der Waals surface area contributed by atoms with Crippen LogP contribution in [0, 0.1) is 13.8 Å². The summed E-state index contributed by atoms with van der Waals surface area (Å²) in [6.07, 6.45) is 3.24. The SMILES string of the molecule is CCCN(C(=O)OCOC(=O)/C=C/C(=O)O)C(=O)c1c[nH]c(C(N)=Nc2cc(C(=O)Nc3ccon3)ccc2C)c1C. The molecular weight excluding hydrogens is 552 g/mol. The number of nitrogens with zero attached hydrogens (tertiary/aromatic N) is 3. The highest BCUT2D eigenvalue weighted by molar-refractivity contribution is 6.08. The highest BCUT2D eigenvalue weighted by atomic mass is 16.7. The van der Waals surface area contributed by atoms with Crippen molar-refractivity contribution < 1.29 is 43.1 Å². The van der Waals surface area contributed by atoms with E-state index < -0.39 is 36.6 Å². The van der Waals surface area contributed by atoms with Gasteiger partial charge in [0, 0.05) is 36.5 Å². The number of carbonyl (C=O) groups excluding carboxylic acids is 4. The Labute approximate surface area is 239 Å². The van der Waals surface area contributed by atoms with Crippen LogP contribution in [-0.4, -0.2) is 69.2 Å². The van der Waals surface area contributed by atoms with Gasteiger partial charge in [0.25, 0.3) is 11.8 Å². The summed E-state index contributed by atoms with van der Waals surface area (Å²) in [5.74, 6) is -3.26. The van der Waals surface area contributed by atoms with Crippen LogP contribution in [0.25, 0.3) is 0 Å². The van der Waals surface area contributed by atoms with Crippen molar-refractivity contribution in [3.63, 3.8) is 0 Å². The Morgan fingerprint density at radius 3 is 2.60 bits per heavy atom. The van der Waals surface area contributed by atoms with Crippen molar-refractivity contribution in [2.24, 2.45) is 10.7 Å². The molecule has 2 aromatic heterocycles. The number of aryl methyl sites for hydroxylation is 1. The molecule has 0 aliphatic rings. The minimum Gasteiger partial charge on any atom is -0.478 e. The maximum atomic E-state index is 13.3. The summed E-state index contributed by atoms with van der Waals surface area (Å²) in [5.41, 5.74) is 8.54. The predicted octanol–water partition coefficient (Wildman–Crippen LogP) is 3.04. The van der Waals surface area contributed by atoms with Crippen molar-refractivity contribution in [1.82, 2.24) is 15.0 Å². The van der Waals surface area contributed by atoms with Gasteiger partial charge in [0.1, 0.15) is 12.1 Å². The molecule has 0 radical (unpaired) electrons. The first-order valence-corrected chi connectivity index (χ1v) is 12.4. The second-order valence-electron chi connectivity index (χ2n) is 8.66. The number of carbonyl (C=O) groups is 5. The number of aliphatic carboxylic acids is 1. The van der Waals surface area contributed by atoms with Gasteiger partial charge in [0.05, 0.1) is 16.9 Å². The molecule has 15 nitrogen and oxygen atoms in total. The molecule has 5 N–H and O–H groups in total. The number of amidine groups is 1. The molecule has 0 unspecified atom stereocenters. The Morgan fingerprint density at radius 2 is 1.93 bits per heavy atom. The van der Waals surface area contributed by atoms with Crippen LogP contribution in [0.5, 0.6) is 0 Å². The summed E-state index contributed by atoms with van der Waals surface area (Å²) < 4.78 is 14.2. The molecule has 0 bridgehead atoms. The third-order valence-electron chi connectivity index (χ3n) is 5.68. The number of carboxylic acids is 1. The number of anilines is 1. The van der Waals surface area contributed by atoms with E-state index in [1.54, 1.807) is 39.0 Å². The fourth-order valence-corrected chi connectivity index (χ4v) is 3.55. The molecule has 0 saturated carbocycles. The highest BCUT2D eigenvalue weighted by Crippen LogP contribution is 2.23. The van der Waals surface area contributed by atoms with Crippen molar-refractivity contribution in [3.8, 4) is 0 Å². The van der Waals surface area contributed by atoms with Crippen LogP contribution >= 0.6 is 0 Å². The molecule has 3 rings (SSSR count). The van der Waals surface area contributed by atoms with Crippen molar-refractivity contribution in [2.45, 2.75) is 27.2 Å². The number of nitrogens with one attached hydrogen (secondary N) is 2. The summed E-state index contributed by atoms with van der Waals surface area (Å²) in [6, 6.07) is 6.36. The molecule has 3 amide bonds. The summed E-state index contributed by atoms with van der Waals surface area (Å²) in [7, 11) is 0. The number of esters is 1. The molecule has 3 aromatic rings. The number of aliphatic imine (C=N–C) groups is 1. The second kappa shape index (κ2) is 14.1. The average molecular weight is 581 g/mol. The zero-order valence-electron chi connectivity index (χ0n) is 22.9. The van der Waals surface area contributed by atoms with Gasteiger partial charge in [-0.1, -0.05) is 18.1 Å². The standard InChI is InChI=1S/C27H28N6O9/c1-4-10-33(27(39)41-14-40-22(36)8-7-21(34)35)26(38)18-13-29-23(16(18)3)24(28)30-19-12-17(6-5-15(19)2)25(37)31-20-9-11-42-32-20/h5-9,11-13,29H,4,10,14H2,1-3H3,(H2,28,30)(H,34,35)(H,31,32,37)/b8-7+. The molecule has 0 fully saturated rings. The Balaban J connectivity index is 1.75. The van der Waals surface area contributed by atoms with E-state index in [2.05, 4.69) is 25.2 Å². The number of ether oxygens (including phenoxy) is 2. The molecule has 220 valence electrons. The average Bonchev–Trinajstić information content (AvgIpc) is 3.60. The van der Waals surface area contributed by atoms with Gasteiger partial charge < -0.3 is 35.1 Å². The van der Waals surface area contributed by atoms with Gasteiger partial charge in [-0.05, 0) is 43.5 Å². The lowest BCUT2D eigenvalue weighted by molar-refractivity contribution is -0.146. The minimum absolute atomic E-state index is 0.00353. The predicted molar refractivity (Wildman–Crippen MR) is 147 cm³/mol. The fraction of sp³-hybridized carbons (Fsp3) is 0.222. The second-order valence-corrected chi connectivity index (χ2v) is 8.66. The third-order valence-corrected chi connectivity index (χ3v) is 5.68.